The van der Waals surface area contributed by atoms with Crippen molar-refractivity contribution in [3.05, 3.63) is 57.5 Å². The number of aryl methyl sites for hydroxylation is 3. The molecule has 0 spiro atoms. The normalized spacial score (nSPS) is 18.7. The molecule has 31 heavy (non-hydrogen) atoms. The topological polar surface area (TPSA) is 93.0 Å². The number of methoxy groups -OCH3 is 2. The first kappa shape index (κ1) is 22.8. The zero-order valence-corrected chi connectivity index (χ0v) is 18.6. The summed E-state index contributed by atoms with van der Waals surface area (Å²) in [6, 6.07) is 7.39. The lowest BCUT2D eigenvalue weighted by Gasteiger charge is -2.15. The van der Waals surface area contributed by atoms with Crippen molar-refractivity contribution in [2.75, 3.05) is 34.4 Å². The summed E-state index contributed by atoms with van der Waals surface area (Å²) >= 11 is 0. The Labute approximate surface area is 182 Å². The molecule has 2 heterocycles. The molecule has 1 aromatic carbocycles. The van der Waals surface area contributed by atoms with Crippen LogP contribution in [0.15, 0.2) is 35.3 Å². The summed E-state index contributed by atoms with van der Waals surface area (Å²) in [5.41, 5.74) is 1.52. The van der Waals surface area contributed by atoms with Gasteiger partial charge in [0.1, 0.15) is 5.56 Å². The largest absolute Gasteiger partial charge is 0.493 e. The molecule has 0 radical (unpaired) electrons. The van der Waals surface area contributed by atoms with Crippen molar-refractivity contribution in [1.29, 1.82) is 0 Å². The molecular weight excluding hydrogens is 398 g/mol. The maximum absolute atomic E-state index is 13.0. The number of aliphatic hydroxyl groups excluding tert-OH is 1. The van der Waals surface area contributed by atoms with E-state index in [0.717, 1.165) is 5.56 Å². The van der Waals surface area contributed by atoms with E-state index in [9.17, 15) is 14.7 Å². The Bertz CT molecular complexity index is 988. The Morgan fingerprint density at radius 1 is 1.23 bits per heavy atom. The molecule has 2 N–H and O–H groups in total. The average Bonchev–Trinajstić information content (AvgIpc) is 3.11. The van der Waals surface area contributed by atoms with E-state index in [0.29, 0.717) is 43.0 Å². The number of hydrogen-bond donors (Lipinski definition) is 2. The number of amides is 1. The molecule has 0 aliphatic carbocycles. The molecule has 168 valence electrons. The Morgan fingerprint density at radius 3 is 2.61 bits per heavy atom. The van der Waals surface area contributed by atoms with Crippen molar-refractivity contribution < 1.29 is 19.4 Å². The Kier molecular flexibility index (Phi) is 7.35. The van der Waals surface area contributed by atoms with Gasteiger partial charge < -0.3 is 24.5 Å². The van der Waals surface area contributed by atoms with Crippen LogP contribution in [0.4, 0.5) is 0 Å². The summed E-state index contributed by atoms with van der Waals surface area (Å²) in [5.74, 6) is 0.928. The number of hydrogen-bond acceptors (Lipinski definition) is 6. The van der Waals surface area contributed by atoms with E-state index in [1.165, 1.54) is 0 Å². The van der Waals surface area contributed by atoms with E-state index in [-0.39, 0.29) is 35.7 Å². The lowest BCUT2D eigenvalue weighted by atomic mass is 10.1. The van der Waals surface area contributed by atoms with Crippen molar-refractivity contribution in [3.63, 3.8) is 0 Å². The van der Waals surface area contributed by atoms with Gasteiger partial charge in [0.2, 0.25) is 0 Å². The first-order valence-electron chi connectivity index (χ1n) is 10.4. The number of nitrogens with zero attached hydrogens (tertiary/aromatic N) is 2. The van der Waals surface area contributed by atoms with Crippen LogP contribution in [0.3, 0.4) is 0 Å². The van der Waals surface area contributed by atoms with Gasteiger partial charge in [-0.3, -0.25) is 14.5 Å². The number of aromatic nitrogens is 1. The van der Waals surface area contributed by atoms with Gasteiger partial charge in [0, 0.05) is 31.4 Å². The fraction of sp³-hybridized carbons (Fsp3) is 0.478. The van der Waals surface area contributed by atoms with Gasteiger partial charge in [0.25, 0.3) is 11.5 Å². The fourth-order valence-electron chi connectivity index (χ4n) is 4.06. The van der Waals surface area contributed by atoms with Crippen LogP contribution in [0.1, 0.15) is 27.9 Å². The second-order valence-corrected chi connectivity index (χ2v) is 7.99. The van der Waals surface area contributed by atoms with Gasteiger partial charge in [-0.15, -0.1) is 0 Å². The minimum Gasteiger partial charge on any atom is -0.493 e. The quantitative estimate of drug-likeness (QED) is 0.655. The van der Waals surface area contributed by atoms with E-state index in [4.69, 9.17) is 9.47 Å². The molecule has 2 atom stereocenters. The number of ether oxygens (including phenoxy) is 2. The molecule has 8 heteroatoms. The first-order chi connectivity index (χ1) is 14.9. The monoisotopic (exact) mass is 429 g/mol. The third-order valence-electron chi connectivity index (χ3n) is 5.92. The van der Waals surface area contributed by atoms with Crippen LogP contribution < -0.4 is 20.3 Å². The number of carbonyl (C=O) groups excluding carboxylic acids is 1. The third kappa shape index (κ3) is 5.08. The number of likely N-dealkylation sites (tertiary alicyclic amines) is 1. The van der Waals surface area contributed by atoms with E-state index in [1.54, 1.807) is 38.0 Å². The predicted octanol–water partition coefficient (Wildman–Crippen LogP) is 1.21. The molecule has 3 rings (SSSR count). The highest BCUT2D eigenvalue weighted by Gasteiger charge is 2.30. The van der Waals surface area contributed by atoms with Crippen LogP contribution in [0.5, 0.6) is 11.5 Å². The molecule has 1 saturated heterocycles. The summed E-state index contributed by atoms with van der Waals surface area (Å²) in [6.45, 7) is 2.91. The van der Waals surface area contributed by atoms with Crippen LogP contribution in [-0.2, 0) is 13.0 Å². The summed E-state index contributed by atoms with van der Waals surface area (Å²) in [4.78, 5) is 27.9. The number of pyridine rings is 1. The molecule has 2 aromatic rings. The number of benzene rings is 1. The minimum atomic E-state index is -0.361. The van der Waals surface area contributed by atoms with Crippen LogP contribution in [-0.4, -0.2) is 67.0 Å². The van der Waals surface area contributed by atoms with E-state index < -0.39 is 0 Å². The molecule has 1 aliphatic rings. The van der Waals surface area contributed by atoms with Crippen LogP contribution >= 0.6 is 0 Å². The van der Waals surface area contributed by atoms with E-state index in [2.05, 4.69) is 5.32 Å². The number of likely N-dealkylation sites (N-methyl/N-ethyl adjacent to an activating group) is 1. The highest BCUT2D eigenvalue weighted by atomic mass is 16.5. The van der Waals surface area contributed by atoms with Gasteiger partial charge in [-0.2, -0.15) is 0 Å². The number of rotatable bonds is 8. The molecule has 1 fully saturated rings. The second kappa shape index (κ2) is 9.98. The minimum absolute atomic E-state index is 0.0281. The summed E-state index contributed by atoms with van der Waals surface area (Å²) in [5, 5.41) is 12.4. The number of carbonyl (C=O) groups is 1. The highest BCUT2D eigenvalue weighted by molar-refractivity contribution is 5.95. The SMILES string of the molecule is COc1ccc(CCn2ccc(C)c(C(=O)N[C@@H]3C[C@@H](CO)N(C)C3)c2=O)cc1OC. The Hall–Kier alpha value is -2.84. The number of aliphatic hydroxyl groups is 1. The summed E-state index contributed by atoms with van der Waals surface area (Å²) < 4.78 is 12.2. The Balaban J connectivity index is 1.73. The zero-order chi connectivity index (χ0) is 22.5. The predicted molar refractivity (Wildman–Crippen MR) is 118 cm³/mol. The van der Waals surface area contributed by atoms with Gasteiger partial charge in [0.05, 0.1) is 20.8 Å². The van der Waals surface area contributed by atoms with Crippen molar-refractivity contribution in [1.82, 2.24) is 14.8 Å². The smallest absolute Gasteiger partial charge is 0.263 e. The lowest BCUT2D eigenvalue weighted by molar-refractivity contribution is 0.0935. The third-order valence-corrected chi connectivity index (χ3v) is 5.92. The standard InChI is InChI=1S/C23H31N3O5/c1-15-7-9-26(10-8-16-5-6-19(30-3)20(11-16)31-4)23(29)21(15)22(28)24-17-12-18(14-27)25(2)13-17/h5-7,9,11,17-18,27H,8,10,12-14H2,1-4H3,(H,24,28)/t17-,18+/m1/s1. The molecule has 0 saturated carbocycles. The molecule has 1 aromatic heterocycles. The Morgan fingerprint density at radius 2 is 1.97 bits per heavy atom. The van der Waals surface area contributed by atoms with Crippen LogP contribution in [0, 0.1) is 6.92 Å². The lowest BCUT2D eigenvalue weighted by Crippen LogP contribution is -2.40. The molecule has 8 nitrogen and oxygen atoms in total. The first-order valence-corrected chi connectivity index (χ1v) is 10.4. The second-order valence-electron chi connectivity index (χ2n) is 7.99. The molecular formula is C23H31N3O5. The molecule has 0 bridgehead atoms. The summed E-state index contributed by atoms with van der Waals surface area (Å²) in [6.07, 6.45) is 2.99. The van der Waals surface area contributed by atoms with Crippen molar-refractivity contribution >= 4 is 5.91 Å². The fourth-order valence-corrected chi connectivity index (χ4v) is 4.06. The summed E-state index contributed by atoms with van der Waals surface area (Å²) in [7, 11) is 5.09. The highest BCUT2D eigenvalue weighted by Crippen LogP contribution is 2.27. The molecule has 1 amide bonds. The van der Waals surface area contributed by atoms with Gasteiger partial charge in [-0.05, 0) is 56.1 Å². The van der Waals surface area contributed by atoms with Crippen molar-refractivity contribution in [3.8, 4) is 11.5 Å². The van der Waals surface area contributed by atoms with Crippen LogP contribution in [0.2, 0.25) is 0 Å². The van der Waals surface area contributed by atoms with E-state index in [1.807, 2.05) is 30.1 Å². The van der Waals surface area contributed by atoms with Crippen LogP contribution in [0.25, 0.3) is 0 Å². The van der Waals surface area contributed by atoms with Crippen molar-refractivity contribution in [2.24, 2.45) is 0 Å². The maximum atomic E-state index is 13.0. The van der Waals surface area contributed by atoms with E-state index >= 15 is 0 Å². The molecule has 0 unspecified atom stereocenters. The van der Waals surface area contributed by atoms with Gasteiger partial charge in [-0.25, -0.2) is 0 Å². The average molecular weight is 430 g/mol. The van der Waals surface area contributed by atoms with Gasteiger partial charge in [-0.1, -0.05) is 6.07 Å². The molecule has 1 aliphatic heterocycles. The number of nitrogens with one attached hydrogen (secondary N) is 1. The van der Waals surface area contributed by atoms with Crippen molar-refractivity contribution in [2.45, 2.75) is 38.4 Å². The van der Waals surface area contributed by atoms with Gasteiger partial charge in [0.15, 0.2) is 11.5 Å². The maximum Gasteiger partial charge on any atom is 0.263 e. The zero-order valence-electron chi connectivity index (χ0n) is 18.6. The van der Waals surface area contributed by atoms with Gasteiger partial charge >= 0.3 is 0 Å².